The summed E-state index contributed by atoms with van der Waals surface area (Å²) < 4.78 is 34.3. The molecule has 4 nitrogen and oxygen atoms in total. The van der Waals surface area contributed by atoms with Gasteiger partial charge in [0, 0.05) is 11.6 Å². The summed E-state index contributed by atoms with van der Waals surface area (Å²) in [5.41, 5.74) is 6.03. The zero-order valence-corrected chi connectivity index (χ0v) is 9.55. The first-order valence-corrected chi connectivity index (χ1v) is 4.76. The quantitative estimate of drug-likeness (QED) is 0.866. The number of para-hydroxylation sites is 1. The molecule has 1 aliphatic heterocycles. The second kappa shape index (κ2) is 5.03. The Bertz CT molecular complexity index is 403. The van der Waals surface area contributed by atoms with Crippen LogP contribution in [0.3, 0.4) is 0 Å². The van der Waals surface area contributed by atoms with Crippen LogP contribution in [0.2, 0.25) is 0 Å². The Hall–Kier alpha value is -1.11. The van der Waals surface area contributed by atoms with Crippen LogP contribution in [0.15, 0.2) is 18.2 Å². The first kappa shape index (κ1) is 14.0. The summed E-state index contributed by atoms with van der Waals surface area (Å²) in [5.74, 6) is -0.0101. The van der Waals surface area contributed by atoms with Gasteiger partial charge in [-0.05, 0) is 12.5 Å². The van der Waals surface area contributed by atoms with E-state index in [1.807, 2.05) is 0 Å². The average Bonchev–Trinajstić information content (AvgIpc) is 2.53. The summed E-state index contributed by atoms with van der Waals surface area (Å²) in [4.78, 5) is 0. The topological polar surface area (TPSA) is 64.7 Å². The van der Waals surface area contributed by atoms with Crippen molar-refractivity contribution in [2.45, 2.75) is 18.8 Å². The monoisotopic (exact) mass is 267 g/mol. The van der Waals surface area contributed by atoms with Crippen molar-refractivity contribution < 1.29 is 23.4 Å². The Labute approximate surface area is 103 Å². The van der Waals surface area contributed by atoms with Crippen molar-refractivity contribution in [1.29, 1.82) is 0 Å². The summed E-state index contributed by atoms with van der Waals surface area (Å²) in [7, 11) is 0. The minimum Gasteiger partial charge on any atom is -0.395 e. The molecule has 0 spiro atoms. The molecule has 17 heavy (non-hydrogen) atoms. The molecule has 1 unspecified atom stereocenters. The molecule has 1 aromatic carbocycles. The number of rotatable bonds is 3. The summed E-state index contributed by atoms with van der Waals surface area (Å²) in [6.07, 6.45) is -3.37. The van der Waals surface area contributed by atoms with E-state index in [4.69, 9.17) is 10.8 Å². The number of nitrogens with two attached hydrogens (primary N) is 1. The Kier molecular flexibility index (Phi) is 4.13. The highest BCUT2D eigenvalue weighted by atomic mass is 35.5. The summed E-state index contributed by atoms with van der Waals surface area (Å²) in [6, 6.07) is 4.07. The third kappa shape index (κ3) is 2.96. The van der Waals surface area contributed by atoms with Gasteiger partial charge in [0.15, 0.2) is 11.5 Å². The Morgan fingerprint density at radius 1 is 1.35 bits per heavy atom. The van der Waals surface area contributed by atoms with E-state index >= 15 is 0 Å². The smallest absolute Gasteiger partial charge is 0.395 e. The van der Waals surface area contributed by atoms with Gasteiger partial charge in [-0.1, -0.05) is 12.1 Å². The molecule has 1 heterocycles. The molecule has 0 amide bonds. The van der Waals surface area contributed by atoms with Crippen LogP contribution in [0.5, 0.6) is 11.5 Å². The molecule has 0 fully saturated rings. The van der Waals surface area contributed by atoms with E-state index in [1.165, 1.54) is 6.07 Å². The molecule has 0 aliphatic carbocycles. The third-order valence-electron chi connectivity index (χ3n) is 2.23. The molecule has 1 atom stereocenters. The molecule has 0 saturated heterocycles. The van der Waals surface area contributed by atoms with Gasteiger partial charge in [-0.3, -0.25) is 0 Å². The van der Waals surface area contributed by atoms with E-state index in [0.717, 1.165) is 0 Å². The predicted octanol–water partition coefficient (Wildman–Crippen LogP) is 1.29. The lowest BCUT2D eigenvalue weighted by molar-refractivity contribution is -0.286. The van der Waals surface area contributed by atoms with Crippen LogP contribution in [0.1, 0.15) is 5.56 Å². The second-order valence-electron chi connectivity index (χ2n) is 3.56. The van der Waals surface area contributed by atoms with E-state index in [9.17, 15) is 8.78 Å². The van der Waals surface area contributed by atoms with Gasteiger partial charge in [0.1, 0.15) is 0 Å². The Morgan fingerprint density at radius 3 is 2.71 bits per heavy atom. The van der Waals surface area contributed by atoms with E-state index in [2.05, 4.69) is 9.47 Å². The zero-order chi connectivity index (χ0) is 11.8. The van der Waals surface area contributed by atoms with Crippen LogP contribution in [0, 0.1) is 0 Å². The number of benzene rings is 1. The van der Waals surface area contributed by atoms with Crippen LogP contribution in [-0.2, 0) is 6.42 Å². The molecule has 2 rings (SSSR count). The Morgan fingerprint density at radius 2 is 2.06 bits per heavy atom. The lowest BCUT2D eigenvalue weighted by Gasteiger charge is -2.10. The predicted molar refractivity (Wildman–Crippen MR) is 58.7 cm³/mol. The summed E-state index contributed by atoms with van der Waals surface area (Å²) >= 11 is 0. The normalized spacial score (nSPS) is 17.4. The van der Waals surface area contributed by atoms with Gasteiger partial charge in [-0.25, -0.2) is 0 Å². The SMILES string of the molecule is Cl.NC(CO)Cc1cccc2c1OC(F)(F)O2. The largest absolute Gasteiger partial charge is 0.586 e. The van der Waals surface area contributed by atoms with Gasteiger partial charge in [0.2, 0.25) is 0 Å². The highest BCUT2D eigenvalue weighted by Gasteiger charge is 2.44. The van der Waals surface area contributed by atoms with Crippen LogP contribution < -0.4 is 15.2 Å². The standard InChI is InChI=1S/C10H11F2NO3.ClH/c11-10(12)15-8-3-1-2-6(9(8)16-10)4-7(13)5-14;/h1-3,7,14H,4-5,13H2;1H. The van der Waals surface area contributed by atoms with Gasteiger partial charge in [0.25, 0.3) is 0 Å². The number of aliphatic hydroxyl groups excluding tert-OH is 1. The fraction of sp³-hybridized carbons (Fsp3) is 0.400. The first-order chi connectivity index (χ1) is 7.52. The Balaban J connectivity index is 0.00000144. The molecular formula is C10H12ClF2NO3. The van der Waals surface area contributed by atoms with Crippen LogP contribution in [0.4, 0.5) is 8.78 Å². The molecule has 1 aromatic rings. The van der Waals surface area contributed by atoms with Crippen LogP contribution >= 0.6 is 12.4 Å². The van der Waals surface area contributed by atoms with Gasteiger partial charge < -0.3 is 20.3 Å². The molecule has 0 bridgehead atoms. The first-order valence-electron chi connectivity index (χ1n) is 4.76. The minimum atomic E-state index is -3.62. The maximum absolute atomic E-state index is 12.8. The molecule has 7 heteroatoms. The lowest BCUT2D eigenvalue weighted by atomic mass is 10.1. The number of alkyl halides is 2. The van der Waals surface area contributed by atoms with Crippen molar-refractivity contribution in [3.05, 3.63) is 23.8 Å². The summed E-state index contributed by atoms with van der Waals surface area (Å²) in [5, 5.41) is 8.80. The lowest BCUT2D eigenvalue weighted by Crippen LogP contribution is -2.28. The molecular weight excluding hydrogens is 256 g/mol. The highest BCUT2D eigenvalue weighted by Crippen LogP contribution is 2.43. The number of fused-ring (bicyclic) bond motifs is 1. The number of aliphatic hydroxyl groups is 1. The molecule has 96 valence electrons. The van der Waals surface area contributed by atoms with Crippen molar-refractivity contribution >= 4 is 12.4 Å². The third-order valence-corrected chi connectivity index (χ3v) is 2.23. The molecule has 3 N–H and O–H groups in total. The van der Waals surface area contributed by atoms with Crippen molar-refractivity contribution in [3.8, 4) is 11.5 Å². The number of ether oxygens (including phenoxy) is 2. The van der Waals surface area contributed by atoms with Gasteiger partial charge in [0.05, 0.1) is 6.61 Å². The average molecular weight is 268 g/mol. The maximum atomic E-state index is 12.8. The minimum absolute atomic E-state index is 0. The fourth-order valence-electron chi connectivity index (χ4n) is 1.53. The molecule has 0 aromatic heterocycles. The van der Waals surface area contributed by atoms with Gasteiger partial charge in [-0.2, -0.15) is 0 Å². The maximum Gasteiger partial charge on any atom is 0.586 e. The van der Waals surface area contributed by atoms with Crippen molar-refractivity contribution in [2.24, 2.45) is 5.73 Å². The number of hydrogen-bond acceptors (Lipinski definition) is 4. The fourth-order valence-corrected chi connectivity index (χ4v) is 1.53. The second-order valence-corrected chi connectivity index (χ2v) is 3.56. The van der Waals surface area contributed by atoms with E-state index in [1.54, 1.807) is 12.1 Å². The zero-order valence-electron chi connectivity index (χ0n) is 8.73. The molecule has 1 aliphatic rings. The van der Waals surface area contributed by atoms with Crippen molar-refractivity contribution in [3.63, 3.8) is 0 Å². The highest BCUT2D eigenvalue weighted by molar-refractivity contribution is 5.85. The van der Waals surface area contributed by atoms with Crippen molar-refractivity contribution in [1.82, 2.24) is 0 Å². The van der Waals surface area contributed by atoms with Gasteiger partial charge >= 0.3 is 6.29 Å². The van der Waals surface area contributed by atoms with E-state index < -0.39 is 12.3 Å². The van der Waals surface area contributed by atoms with Crippen molar-refractivity contribution in [2.75, 3.05) is 6.61 Å². The van der Waals surface area contributed by atoms with E-state index in [0.29, 0.717) is 5.56 Å². The van der Waals surface area contributed by atoms with Crippen LogP contribution in [0.25, 0.3) is 0 Å². The molecule has 0 radical (unpaired) electrons. The molecule has 0 saturated carbocycles. The van der Waals surface area contributed by atoms with Gasteiger partial charge in [-0.15, -0.1) is 21.2 Å². The number of hydrogen-bond donors (Lipinski definition) is 2. The van der Waals surface area contributed by atoms with E-state index in [-0.39, 0.29) is 36.9 Å². The van der Waals surface area contributed by atoms with Crippen LogP contribution in [-0.4, -0.2) is 24.0 Å². The number of halogens is 3. The summed E-state index contributed by atoms with van der Waals surface area (Å²) in [6.45, 7) is -0.221.